The summed E-state index contributed by atoms with van der Waals surface area (Å²) in [6, 6.07) is -0.618. The largest absolute Gasteiger partial charge is 0.394 e. The molecular formula is C57H113NO3. The maximum atomic E-state index is 12.5. The van der Waals surface area contributed by atoms with E-state index in [-0.39, 0.29) is 12.5 Å². The van der Waals surface area contributed by atoms with Crippen molar-refractivity contribution in [2.45, 2.75) is 341 Å². The maximum Gasteiger partial charge on any atom is 0.220 e. The molecule has 0 aromatic rings. The summed E-state index contributed by atoms with van der Waals surface area (Å²) >= 11 is 0. The number of nitrogens with one attached hydrogen (secondary N) is 1. The molecule has 0 rings (SSSR count). The van der Waals surface area contributed by atoms with Crippen molar-refractivity contribution in [2.24, 2.45) is 0 Å². The van der Waals surface area contributed by atoms with Gasteiger partial charge in [-0.25, -0.2) is 0 Å². The van der Waals surface area contributed by atoms with Crippen LogP contribution in [0.3, 0.4) is 0 Å². The Labute approximate surface area is 384 Å². The van der Waals surface area contributed by atoms with Gasteiger partial charge in [-0.2, -0.15) is 0 Å². The molecule has 0 saturated heterocycles. The van der Waals surface area contributed by atoms with Crippen LogP contribution in [0.25, 0.3) is 0 Å². The van der Waals surface area contributed by atoms with Gasteiger partial charge in [-0.15, -0.1) is 0 Å². The van der Waals surface area contributed by atoms with Crippen molar-refractivity contribution in [2.75, 3.05) is 6.61 Å². The van der Waals surface area contributed by atoms with Gasteiger partial charge in [0, 0.05) is 6.42 Å². The summed E-state index contributed by atoms with van der Waals surface area (Å²) < 4.78 is 0. The zero-order chi connectivity index (χ0) is 44.2. The molecular weight excluding hydrogens is 747 g/mol. The van der Waals surface area contributed by atoms with Gasteiger partial charge >= 0.3 is 0 Å². The molecule has 4 nitrogen and oxygen atoms in total. The zero-order valence-corrected chi connectivity index (χ0v) is 42.0. The Balaban J connectivity index is 3.43. The van der Waals surface area contributed by atoms with E-state index in [1.54, 1.807) is 6.08 Å². The minimum absolute atomic E-state index is 0.0554. The molecule has 0 aromatic heterocycles. The summed E-state index contributed by atoms with van der Waals surface area (Å²) in [5.74, 6) is -0.0554. The van der Waals surface area contributed by atoms with Gasteiger partial charge in [-0.3, -0.25) is 4.79 Å². The van der Waals surface area contributed by atoms with Gasteiger partial charge in [-0.1, -0.05) is 315 Å². The Kier molecular flexibility index (Phi) is 52.7. The normalized spacial score (nSPS) is 12.8. The second-order valence-corrected chi connectivity index (χ2v) is 19.7. The summed E-state index contributed by atoms with van der Waals surface area (Å²) in [7, 11) is 0. The molecule has 0 aromatic carbocycles. The molecule has 1 amide bonds. The fourth-order valence-corrected chi connectivity index (χ4v) is 9.18. The number of carbonyl (C=O) groups is 1. The molecule has 2 atom stereocenters. The second kappa shape index (κ2) is 53.5. The standard InChI is InChI=1S/C57H113NO3/c1-3-5-7-9-11-13-15-17-19-21-23-25-26-27-28-29-30-31-33-35-37-39-41-43-45-47-49-51-53-57(61)58-55(54-59)56(60)52-50-48-46-44-42-40-38-36-34-32-24-22-20-18-16-14-12-10-8-6-4-2/h50,52,55-56,59-60H,3-49,51,53-54H2,1-2H3,(H,58,61)/b52-50+. The molecule has 2 unspecified atom stereocenters. The first kappa shape index (κ1) is 60.1. The molecule has 0 aliphatic rings. The molecule has 4 heteroatoms. The highest BCUT2D eigenvalue weighted by Crippen LogP contribution is 2.18. The van der Waals surface area contributed by atoms with Gasteiger partial charge in [0.15, 0.2) is 0 Å². The van der Waals surface area contributed by atoms with Crippen LogP contribution < -0.4 is 5.32 Å². The van der Waals surface area contributed by atoms with E-state index in [4.69, 9.17) is 0 Å². The molecule has 0 heterocycles. The monoisotopic (exact) mass is 860 g/mol. The number of amides is 1. The number of allylic oxidation sites excluding steroid dienone is 1. The number of rotatable bonds is 53. The van der Waals surface area contributed by atoms with Crippen LogP contribution in [0.2, 0.25) is 0 Å². The van der Waals surface area contributed by atoms with Crippen LogP contribution in [-0.4, -0.2) is 34.9 Å². The number of carbonyl (C=O) groups excluding carboxylic acids is 1. The van der Waals surface area contributed by atoms with Gasteiger partial charge in [0.05, 0.1) is 18.8 Å². The van der Waals surface area contributed by atoms with E-state index in [9.17, 15) is 15.0 Å². The third kappa shape index (κ3) is 50.0. The first-order valence-electron chi connectivity index (χ1n) is 28.4. The molecule has 0 radical (unpaired) electrons. The van der Waals surface area contributed by atoms with Crippen LogP contribution in [0.4, 0.5) is 0 Å². The third-order valence-corrected chi connectivity index (χ3v) is 13.5. The van der Waals surface area contributed by atoms with E-state index in [1.807, 2.05) is 6.08 Å². The summed E-state index contributed by atoms with van der Waals surface area (Å²) in [5, 5.41) is 23.2. The van der Waals surface area contributed by atoms with E-state index >= 15 is 0 Å². The van der Waals surface area contributed by atoms with Crippen LogP contribution in [0.15, 0.2) is 12.2 Å². The Hall–Kier alpha value is -0.870. The predicted octanol–water partition coefficient (Wildman–Crippen LogP) is 18.5. The summed E-state index contributed by atoms with van der Waals surface area (Å²) in [6.45, 7) is 4.35. The number of hydrogen-bond acceptors (Lipinski definition) is 3. The predicted molar refractivity (Wildman–Crippen MR) is 272 cm³/mol. The van der Waals surface area contributed by atoms with E-state index in [1.165, 1.54) is 283 Å². The molecule has 0 spiro atoms. The van der Waals surface area contributed by atoms with Crippen molar-refractivity contribution < 1.29 is 15.0 Å². The third-order valence-electron chi connectivity index (χ3n) is 13.5. The van der Waals surface area contributed by atoms with Gasteiger partial charge in [-0.05, 0) is 19.3 Å². The van der Waals surface area contributed by atoms with Crippen LogP contribution in [0.5, 0.6) is 0 Å². The summed E-state index contributed by atoms with van der Waals surface area (Å²) in [5.41, 5.74) is 0. The van der Waals surface area contributed by atoms with Gasteiger partial charge in [0.25, 0.3) is 0 Å². The van der Waals surface area contributed by atoms with E-state index in [2.05, 4.69) is 19.2 Å². The molecule has 3 N–H and O–H groups in total. The van der Waals surface area contributed by atoms with Crippen molar-refractivity contribution in [3.8, 4) is 0 Å². The highest BCUT2D eigenvalue weighted by molar-refractivity contribution is 5.76. The Bertz CT molecular complexity index is 844. The van der Waals surface area contributed by atoms with Crippen molar-refractivity contribution >= 4 is 5.91 Å². The van der Waals surface area contributed by atoms with Gasteiger partial charge in [0.2, 0.25) is 5.91 Å². The lowest BCUT2D eigenvalue weighted by atomic mass is 10.0. The maximum absolute atomic E-state index is 12.5. The lowest BCUT2D eigenvalue weighted by Gasteiger charge is -2.20. The van der Waals surface area contributed by atoms with Gasteiger partial charge < -0.3 is 15.5 Å². The second-order valence-electron chi connectivity index (χ2n) is 19.7. The first-order chi connectivity index (χ1) is 30.2. The molecule has 0 fully saturated rings. The summed E-state index contributed by atoms with van der Waals surface area (Å²) in [4.78, 5) is 12.5. The topological polar surface area (TPSA) is 69.6 Å². The lowest BCUT2D eigenvalue weighted by Crippen LogP contribution is -2.45. The number of aliphatic hydroxyl groups excluding tert-OH is 2. The fourth-order valence-electron chi connectivity index (χ4n) is 9.18. The Morgan fingerprint density at radius 2 is 0.607 bits per heavy atom. The van der Waals surface area contributed by atoms with Crippen LogP contribution >= 0.6 is 0 Å². The summed E-state index contributed by atoms with van der Waals surface area (Å²) in [6.07, 6.45) is 69.5. The number of aliphatic hydroxyl groups is 2. The average molecular weight is 861 g/mol. The average Bonchev–Trinajstić information content (AvgIpc) is 3.26. The SMILES string of the molecule is CCCCCCCCCCCCCCCCCCCCC/C=C/C(O)C(CO)NC(=O)CCCCCCCCCCCCCCCCCCCCCCCCCCCCCC. The van der Waals surface area contributed by atoms with Crippen LogP contribution in [0.1, 0.15) is 328 Å². The van der Waals surface area contributed by atoms with Crippen LogP contribution in [-0.2, 0) is 4.79 Å². The minimum Gasteiger partial charge on any atom is -0.394 e. The molecule has 0 bridgehead atoms. The van der Waals surface area contributed by atoms with Crippen LogP contribution in [0, 0.1) is 0 Å². The molecule has 0 saturated carbocycles. The van der Waals surface area contributed by atoms with E-state index in [0.717, 1.165) is 25.7 Å². The van der Waals surface area contributed by atoms with Crippen molar-refractivity contribution in [3.63, 3.8) is 0 Å². The highest BCUT2D eigenvalue weighted by Gasteiger charge is 2.18. The van der Waals surface area contributed by atoms with Gasteiger partial charge in [0.1, 0.15) is 0 Å². The van der Waals surface area contributed by atoms with Crippen molar-refractivity contribution in [1.82, 2.24) is 5.32 Å². The smallest absolute Gasteiger partial charge is 0.220 e. The Morgan fingerprint density at radius 3 is 0.852 bits per heavy atom. The van der Waals surface area contributed by atoms with E-state index in [0.29, 0.717) is 6.42 Å². The fraction of sp³-hybridized carbons (Fsp3) is 0.947. The number of unbranched alkanes of at least 4 members (excludes halogenated alkanes) is 46. The van der Waals surface area contributed by atoms with Crippen molar-refractivity contribution in [3.05, 3.63) is 12.2 Å². The first-order valence-corrected chi connectivity index (χ1v) is 28.4. The molecule has 61 heavy (non-hydrogen) atoms. The highest BCUT2D eigenvalue weighted by atomic mass is 16.3. The van der Waals surface area contributed by atoms with E-state index < -0.39 is 12.1 Å². The van der Waals surface area contributed by atoms with Crippen molar-refractivity contribution in [1.29, 1.82) is 0 Å². The number of hydrogen-bond donors (Lipinski definition) is 3. The zero-order valence-electron chi connectivity index (χ0n) is 42.0. The molecule has 0 aliphatic carbocycles. The Morgan fingerprint density at radius 1 is 0.377 bits per heavy atom. The molecule has 0 aliphatic heterocycles. The lowest BCUT2D eigenvalue weighted by molar-refractivity contribution is -0.123. The quantitative estimate of drug-likeness (QED) is 0.0421. The molecule has 364 valence electrons. The minimum atomic E-state index is -0.835.